The van der Waals surface area contributed by atoms with E-state index in [1.54, 1.807) is 0 Å². The van der Waals surface area contributed by atoms with Crippen molar-refractivity contribution in [3.8, 4) is 33.8 Å². The predicted molar refractivity (Wildman–Crippen MR) is 210 cm³/mol. The predicted octanol–water partition coefficient (Wildman–Crippen LogP) is 10.8. The summed E-state index contributed by atoms with van der Waals surface area (Å²) in [6.07, 6.45) is 0. The van der Waals surface area contributed by atoms with E-state index in [0.717, 1.165) is 11.5 Å². The molecule has 0 aromatic heterocycles. The molecule has 1 aliphatic rings. The zero-order valence-electron chi connectivity index (χ0n) is 31.3. The van der Waals surface area contributed by atoms with Crippen molar-refractivity contribution in [1.82, 2.24) is 0 Å². The standard InChI is InChI=1S/C46H53BO/c1-43(2,3)32-24-30(25-33(28-32)44(4,5)6)36-18-17-19-37(31-26-34(45(7,8)9)29-35(27-31)46(10,11)12)42(36)47-38-20-13-15-22-40(38)48-41-23-16-14-21-39(41)47/h13-29H,1-12H3. The van der Waals surface area contributed by atoms with Crippen LogP contribution in [0.4, 0.5) is 0 Å². The molecule has 1 aliphatic heterocycles. The van der Waals surface area contributed by atoms with E-state index in [1.807, 2.05) is 0 Å². The molecule has 0 spiro atoms. The van der Waals surface area contributed by atoms with Crippen LogP contribution in [0.5, 0.6) is 11.5 Å². The number of hydrogen-bond donors (Lipinski definition) is 0. The molecule has 5 aromatic carbocycles. The molecule has 0 aliphatic carbocycles. The van der Waals surface area contributed by atoms with Gasteiger partial charge in [-0.2, -0.15) is 0 Å². The molecular formula is C46H53BO. The van der Waals surface area contributed by atoms with Gasteiger partial charge in [-0.25, -0.2) is 0 Å². The lowest BCUT2D eigenvalue weighted by atomic mass is 9.34. The molecule has 0 saturated heterocycles. The second-order valence-corrected chi connectivity index (χ2v) is 18.0. The maximum Gasteiger partial charge on any atom is 0.252 e. The van der Waals surface area contributed by atoms with E-state index in [2.05, 4.69) is 186 Å². The van der Waals surface area contributed by atoms with Gasteiger partial charge in [0.25, 0.3) is 6.71 Å². The molecule has 48 heavy (non-hydrogen) atoms. The summed E-state index contributed by atoms with van der Waals surface area (Å²) in [5.41, 5.74) is 14.3. The minimum Gasteiger partial charge on any atom is -0.458 e. The maximum absolute atomic E-state index is 6.58. The van der Waals surface area contributed by atoms with Crippen molar-refractivity contribution in [2.75, 3.05) is 0 Å². The SMILES string of the molecule is CC(C)(C)c1cc(-c2cccc(-c3cc(C(C)(C)C)cc(C(C)(C)C)c3)c2B2c3ccccc3Oc3ccccc32)cc(C(C)(C)C)c1. The maximum atomic E-state index is 6.58. The van der Waals surface area contributed by atoms with Crippen molar-refractivity contribution in [2.45, 2.75) is 105 Å². The third kappa shape index (κ3) is 6.52. The topological polar surface area (TPSA) is 9.23 Å². The van der Waals surface area contributed by atoms with Gasteiger partial charge in [-0.15, -0.1) is 0 Å². The molecule has 0 amide bonds. The molecule has 0 bridgehead atoms. The molecule has 2 heteroatoms. The van der Waals surface area contributed by atoms with Crippen molar-refractivity contribution in [3.05, 3.63) is 125 Å². The molecule has 5 aromatic rings. The van der Waals surface area contributed by atoms with Crippen LogP contribution in [0.25, 0.3) is 22.3 Å². The van der Waals surface area contributed by atoms with Gasteiger partial charge in [-0.05, 0) is 89.2 Å². The molecule has 246 valence electrons. The molecule has 0 N–H and O–H groups in total. The van der Waals surface area contributed by atoms with E-state index >= 15 is 0 Å². The summed E-state index contributed by atoms with van der Waals surface area (Å²) < 4.78 is 6.58. The highest BCUT2D eigenvalue weighted by Crippen LogP contribution is 2.38. The van der Waals surface area contributed by atoms with Crippen LogP contribution in [-0.2, 0) is 21.7 Å². The van der Waals surface area contributed by atoms with Crippen LogP contribution in [-0.4, -0.2) is 6.71 Å². The first-order valence-electron chi connectivity index (χ1n) is 17.6. The van der Waals surface area contributed by atoms with Crippen molar-refractivity contribution >= 4 is 23.1 Å². The van der Waals surface area contributed by atoms with Gasteiger partial charge >= 0.3 is 0 Å². The summed E-state index contributed by atoms with van der Waals surface area (Å²) in [5, 5.41) is 0. The Bertz CT molecular complexity index is 1780. The number of benzene rings is 5. The highest BCUT2D eigenvalue weighted by atomic mass is 16.5. The summed E-state index contributed by atoms with van der Waals surface area (Å²) in [6, 6.07) is 38.8. The van der Waals surface area contributed by atoms with Gasteiger partial charge in [0.05, 0.1) is 0 Å². The molecule has 0 saturated carbocycles. The van der Waals surface area contributed by atoms with E-state index in [9.17, 15) is 0 Å². The highest BCUT2D eigenvalue weighted by molar-refractivity contribution is 6.98. The first-order valence-corrected chi connectivity index (χ1v) is 17.6. The van der Waals surface area contributed by atoms with Gasteiger partial charge in [-0.1, -0.05) is 180 Å². The summed E-state index contributed by atoms with van der Waals surface area (Å²) in [5.74, 6) is 1.86. The van der Waals surface area contributed by atoms with Crippen LogP contribution in [0.2, 0.25) is 0 Å². The number of ether oxygens (including phenoxy) is 1. The van der Waals surface area contributed by atoms with E-state index in [4.69, 9.17) is 4.74 Å². The fourth-order valence-electron chi connectivity index (χ4n) is 6.90. The number of rotatable bonds is 3. The molecule has 0 atom stereocenters. The molecule has 0 radical (unpaired) electrons. The Kier molecular flexibility index (Phi) is 8.34. The van der Waals surface area contributed by atoms with Gasteiger partial charge < -0.3 is 4.74 Å². The van der Waals surface area contributed by atoms with Crippen LogP contribution < -0.4 is 21.1 Å². The quantitative estimate of drug-likeness (QED) is 0.176. The minimum atomic E-state index is -0.00916. The average molecular weight is 633 g/mol. The molecular weight excluding hydrogens is 579 g/mol. The highest BCUT2D eigenvalue weighted by Gasteiger charge is 2.36. The summed E-state index contributed by atoms with van der Waals surface area (Å²) in [7, 11) is 0. The lowest BCUT2D eigenvalue weighted by Gasteiger charge is -2.31. The average Bonchev–Trinajstić information content (AvgIpc) is 3.01. The Morgan fingerprint density at radius 3 is 1.06 bits per heavy atom. The Balaban J connectivity index is 1.77. The molecule has 0 unspecified atom stereocenters. The molecule has 1 heterocycles. The van der Waals surface area contributed by atoms with Crippen LogP contribution in [0.1, 0.15) is 105 Å². The normalized spacial score (nSPS) is 13.5. The van der Waals surface area contributed by atoms with E-state index in [-0.39, 0.29) is 28.4 Å². The summed E-state index contributed by atoms with van der Waals surface area (Å²) >= 11 is 0. The van der Waals surface area contributed by atoms with Gasteiger partial charge in [0.1, 0.15) is 11.5 Å². The van der Waals surface area contributed by atoms with Gasteiger partial charge in [0.2, 0.25) is 0 Å². The van der Waals surface area contributed by atoms with Crippen molar-refractivity contribution < 1.29 is 4.74 Å². The fourth-order valence-corrected chi connectivity index (χ4v) is 6.90. The lowest BCUT2D eigenvalue weighted by Crippen LogP contribution is -2.56. The summed E-state index contributed by atoms with van der Waals surface area (Å²) in [6.45, 7) is 27.9. The monoisotopic (exact) mass is 632 g/mol. The Morgan fingerprint density at radius 1 is 0.396 bits per heavy atom. The largest absolute Gasteiger partial charge is 0.458 e. The van der Waals surface area contributed by atoms with Gasteiger partial charge in [0, 0.05) is 0 Å². The minimum absolute atomic E-state index is 0.00825. The van der Waals surface area contributed by atoms with Crippen LogP contribution in [0.3, 0.4) is 0 Å². The lowest BCUT2D eigenvalue weighted by molar-refractivity contribution is 0.487. The first kappa shape index (κ1) is 33.9. The first-order chi connectivity index (χ1) is 22.3. The van der Waals surface area contributed by atoms with Gasteiger partial charge in [0.15, 0.2) is 0 Å². The van der Waals surface area contributed by atoms with Crippen molar-refractivity contribution in [1.29, 1.82) is 0 Å². The Hall–Kier alpha value is -4.04. The van der Waals surface area contributed by atoms with E-state index < -0.39 is 0 Å². The molecule has 6 rings (SSSR count). The second-order valence-electron chi connectivity index (χ2n) is 18.0. The zero-order valence-corrected chi connectivity index (χ0v) is 31.3. The second kappa shape index (κ2) is 11.8. The molecule has 0 fully saturated rings. The Morgan fingerprint density at radius 2 is 0.729 bits per heavy atom. The van der Waals surface area contributed by atoms with Crippen LogP contribution in [0.15, 0.2) is 103 Å². The third-order valence-corrected chi connectivity index (χ3v) is 10.0. The van der Waals surface area contributed by atoms with Crippen molar-refractivity contribution in [2.24, 2.45) is 0 Å². The number of hydrogen-bond acceptors (Lipinski definition) is 1. The zero-order chi connectivity index (χ0) is 34.8. The Labute approximate surface area is 290 Å². The van der Waals surface area contributed by atoms with Crippen LogP contribution >= 0.6 is 0 Å². The smallest absolute Gasteiger partial charge is 0.252 e. The summed E-state index contributed by atoms with van der Waals surface area (Å²) in [4.78, 5) is 0. The van der Waals surface area contributed by atoms with E-state index in [1.165, 1.54) is 60.9 Å². The van der Waals surface area contributed by atoms with Gasteiger partial charge in [-0.3, -0.25) is 0 Å². The van der Waals surface area contributed by atoms with E-state index in [0.29, 0.717) is 0 Å². The fraction of sp³-hybridized carbons (Fsp3) is 0.348. The van der Waals surface area contributed by atoms with Crippen molar-refractivity contribution in [3.63, 3.8) is 0 Å². The third-order valence-electron chi connectivity index (χ3n) is 10.0. The van der Waals surface area contributed by atoms with Crippen LogP contribution in [0, 0.1) is 0 Å². The molecule has 1 nitrogen and oxygen atoms in total. The number of para-hydroxylation sites is 2. The number of fused-ring (bicyclic) bond motifs is 2.